The number of carbonyl (C=O) groups is 1. The average Bonchev–Trinajstić information content (AvgIpc) is 3.93. The molecule has 3 nitrogen and oxygen atoms in total. The number of hydrogen-bond donors (Lipinski definition) is 1. The van der Waals surface area contributed by atoms with E-state index in [0.29, 0.717) is 28.1 Å². The summed E-state index contributed by atoms with van der Waals surface area (Å²) in [6, 6.07) is 0. The summed E-state index contributed by atoms with van der Waals surface area (Å²) in [6.07, 6.45) is 55.5. The molecule has 0 aliphatic heterocycles. The lowest BCUT2D eigenvalue weighted by Gasteiger charge is -2.58. The van der Waals surface area contributed by atoms with Crippen LogP contribution in [-0.2, 0) is 9.53 Å². The van der Waals surface area contributed by atoms with Gasteiger partial charge < -0.3 is 9.84 Å². The first kappa shape index (κ1) is 61.5. The molecule has 8 aliphatic rings. The molecule has 0 spiro atoms. The second-order valence-corrected chi connectivity index (χ2v) is 30.5. The van der Waals surface area contributed by atoms with Gasteiger partial charge in [-0.25, -0.2) is 0 Å². The number of carbonyl (C=O) groups excluding carboxylic acids is 1. The zero-order valence-corrected chi connectivity index (χ0v) is 51.9. The van der Waals surface area contributed by atoms with Gasteiger partial charge in [0.05, 0.1) is 6.10 Å². The maximum Gasteiger partial charge on any atom is 0.306 e. The van der Waals surface area contributed by atoms with Crippen LogP contribution >= 0.6 is 0 Å². The van der Waals surface area contributed by atoms with E-state index in [4.69, 9.17) is 4.74 Å². The monoisotopic (exact) mass is 1040 g/mol. The molecule has 0 amide bonds. The SMILES string of the molecule is CC(C)CCC[C@@H](C)[C@H]1CC[C@H]2[C@@H]3CC=C4CC(O)CC[C@]4(C)[C@H]3CC[C@]12C.CCCCCCCCCCCCCCCCCC(=O)OC1CC[C@@]2(C)C(=CCC3C2CC[C@@]2(C)C3CC[C@@H]2[C@H](C)CCCC(C)C)C1. The van der Waals surface area contributed by atoms with Gasteiger partial charge in [-0.05, 0) is 195 Å². The van der Waals surface area contributed by atoms with E-state index in [0.717, 1.165) is 103 Å². The molecule has 0 aromatic rings. The van der Waals surface area contributed by atoms with E-state index in [1.165, 1.54) is 205 Å². The van der Waals surface area contributed by atoms with Crippen LogP contribution in [0.3, 0.4) is 0 Å². The quantitative estimate of drug-likeness (QED) is 0.0507. The van der Waals surface area contributed by atoms with E-state index in [9.17, 15) is 9.90 Å². The molecule has 0 saturated heterocycles. The Labute approximate surface area is 466 Å². The van der Waals surface area contributed by atoms with Crippen LogP contribution in [0.5, 0.6) is 0 Å². The van der Waals surface area contributed by atoms with E-state index in [-0.39, 0.29) is 18.2 Å². The first-order valence-electron chi connectivity index (χ1n) is 34.2. The predicted molar refractivity (Wildman–Crippen MR) is 322 cm³/mol. The van der Waals surface area contributed by atoms with Crippen molar-refractivity contribution >= 4 is 5.97 Å². The number of aliphatic hydroxyl groups excluding tert-OH is 1. The third kappa shape index (κ3) is 15.1. The fourth-order valence-electron chi connectivity index (χ4n) is 20.3. The minimum absolute atomic E-state index is 0.0653. The molecule has 75 heavy (non-hydrogen) atoms. The van der Waals surface area contributed by atoms with Gasteiger partial charge in [-0.15, -0.1) is 0 Å². The molecule has 3 heteroatoms. The summed E-state index contributed by atoms with van der Waals surface area (Å²) in [5, 5.41) is 10.2. The van der Waals surface area contributed by atoms with E-state index in [1.807, 2.05) is 0 Å². The average molecular weight is 1040 g/mol. The molecule has 6 fully saturated rings. The van der Waals surface area contributed by atoms with Crippen molar-refractivity contribution in [3.63, 3.8) is 0 Å². The van der Waals surface area contributed by atoms with Gasteiger partial charge in [0.1, 0.15) is 6.10 Å². The standard InChI is InChI=1S/C45H80O2.C27H46O/c1-7-8-9-10-11-12-13-14-15-16-17-18-19-20-21-25-43(46)47-38-30-32-44(5)37(34-38)26-27-39-41-29-28-40(36(4)24-22-23-35(2)3)45(41,6)33-31-42(39)44;1-18(2)7-6-8-19(3)23-11-12-24-22-10-9-20-17-21(28)13-15-26(20,4)25(22)14-16-27(23,24)5/h26,35-36,38-42H,7-25,27-34H2,1-6H3;9,18-19,21-25,28H,6-8,10-17H2,1-5H3/t36-,38?,39?,40-,41?,42?,44+,45-;19-,21?,22+,23-,24+,25+,26+,27-/m11/s1. The highest BCUT2D eigenvalue weighted by Crippen LogP contribution is 2.69. The van der Waals surface area contributed by atoms with Crippen molar-refractivity contribution in [2.75, 3.05) is 0 Å². The Balaban J connectivity index is 0.000000248. The van der Waals surface area contributed by atoms with Gasteiger partial charge in [0.25, 0.3) is 0 Å². The molecule has 8 rings (SSSR count). The topological polar surface area (TPSA) is 46.5 Å². The number of fused-ring (bicyclic) bond motifs is 10. The summed E-state index contributed by atoms with van der Waals surface area (Å²) in [7, 11) is 0. The second kappa shape index (κ2) is 28.6. The summed E-state index contributed by atoms with van der Waals surface area (Å²) in [4.78, 5) is 12.8. The van der Waals surface area contributed by atoms with Crippen molar-refractivity contribution in [2.24, 2.45) is 92.7 Å². The number of ether oxygens (including phenoxy) is 1. The molecule has 16 atom stereocenters. The van der Waals surface area contributed by atoms with Crippen LogP contribution in [0.2, 0.25) is 0 Å². The van der Waals surface area contributed by atoms with Crippen LogP contribution < -0.4 is 0 Å². The van der Waals surface area contributed by atoms with Gasteiger partial charge in [0.15, 0.2) is 0 Å². The number of unbranched alkanes of at least 4 members (excludes halogenated alkanes) is 14. The highest BCUT2D eigenvalue weighted by atomic mass is 16.5. The number of rotatable bonds is 27. The first-order chi connectivity index (χ1) is 35.9. The van der Waals surface area contributed by atoms with Crippen LogP contribution in [0.15, 0.2) is 23.3 Å². The van der Waals surface area contributed by atoms with Crippen LogP contribution in [0.4, 0.5) is 0 Å². The molecular formula is C72H126O3. The zero-order valence-electron chi connectivity index (χ0n) is 51.9. The molecule has 0 heterocycles. The van der Waals surface area contributed by atoms with E-state index >= 15 is 0 Å². The van der Waals surface area contributed by atoms with Crippen molar-refractivity contribution in [3.05, 3.63) is 23.3 Å². The number of allylic oxidation sites excluding steroid dienone is 2. The van der Waals surface area contributed by atoms with Gasteiger partial charge in [0, 0.05) is 12.8 Å². The maximum absolute atomic E-state index is 12.8. The fourth-order valence-corrected chi connectivity index (χ4v) is 20.3. The van der Waals surface area contributed by atoms with Crippen LogP contribution in [0.1, 0.15) is 320 Å². The van der Waals surface area contributed by atoms with Crippen molar-refractivity contribution < 1.29 is 14.6 Å². The lowest BCUT2D eigenvalue weighted by Crippen LogP contribution is -2.51. The van der Waals surface area contributed by atoms with E-state index in [1.54, 1.807) is 11.1 Å². The molecule has 0 radical (unpaired) electrons. The zero-order chi connectivity index (χ0) is 53.8. The van der Waals surface area contributed by atoms with Gasteiger partial charge in [0.2, 0.25) is 0 Å². The normalized spacial score (nSPS) is 37.7. The lowest BCUT2D eigenvalue weighted by atomic mass is 9.47. The Morgan fingerprint density at radius 2 is 0.933 bits per heavy atom. The minimum Gasteiger partial charge on any atom is -0.462 e. The Bertz CT molecular complexity index is 1770. The lowest BCUT2D eigenvalue weighted by molar-refractivity contribution is -0.151. The van der Waals surface area contributed by atoms with Gasteiger partial charge in [-0.2, -0.15) is 0 Å². The third-order valence-electron chi connectivity index (χ3n) is 24.8. The van der Waals surface area contributed by atoms with Crippen LogP contribution in [0.25, 0.3) is 0 Å². The molecular weight excluding hydrogens is 913 g/mol. The number of esters is 1. The molecule has 1 N–H and O–H groups in total. The van der Waals surface area contributed by atoms with Crippen molar-refractivity contribution in [3.8, 4) is 0 Å². The van der Waals surface area contributed by atoms with E-state index in [2.05, 4.69) is 88.3 Å². The molecule has 6 saturated carbocycles. The minimum atomic E-state index is -0.0766. The molecule has 0 aromatic heterocycles. The molecule has 8 aliphatic carbocycles. The Hall–Kier alpha value is -1.09. The summed E-state index contributed by atoms with van der Waals surface area (Å²) in [5.41, 5.74) is 5.14. The Morgan fingerprint density at radius 3 is 1.39 bits per heavy atom. The number of hydrogen-bond acceptors (Lipinski definition) is 3. The molecule has 0 aromatic carbocycles. The van der Waals surface area contributed by atoms with Gasteiger partial charge in [-0.3, -0.25) is 4.79 Å². The summed E-state index contributed by atoms with van der Waals surface area (Å²) in [6.45, 7) is 27.5. The van der Waals surface area contributed by atoms with Crippen LogP contribution in [0, 0.1) is 92.7 Å². The summed E-state index contributed by atoms with van der Waals surface area (Å²) < 4.78 is 6.13. The smallest absolute Gasteiger partial charge is 0.306 e. The largest absolute Gasteiger partial charge is 0.462 e. The predicted octanol–water partition coefficient (Wildman–Crippen LogP) is 21.6. The van der Waals surface area contributed by atoms with Crippen molar-refractivity contribution in [1.82, 2.24) is 0 Å². The van der Waals surface area contributed by atoms with Crippen LogP contribution in [-0.4, -0.2) is 23.3 Å². The Kier molecular flexibility index (Phi) is 23.4. The van der Waals surface area contributed by atoms with Crippen molar-refractivity contribution in [1.29, 1.82) is 0 Å². The highest BCUT2D eigenvalue weighted by molar-refractivity contribution is 5.69. The third-order valence-corrected chi connectivity index (χ3v) is 24.8. The highest BCUT2D eigenvalue weighted by Gasteiger charge is 2.61. The molecule has 432 valence electrons. The first-order valence-corrected chi connectivity index (χ1v) is 34.2. The Morgan fingerprint density at radius 1 is 0.507 bits per heavy atom. The fraction of sp³-hybridized carbons (Fsp3) is 0.931. The van der Waals surface area contributed by atoms with Gasteiger partial charge >= 0.3 is 5.97 Å². The molecule has 0 bridgehead atoms. The molecule has 5 unspecified atom stereocenters. The van der Waals surface area contributed by atoms with Gasteiger partial charge in [-0.1, -0.05) is 228 Å². The second-order valence-electron chi connectivity index (χ2n) is 30.5. The van der Waals surface area contributed by atoms with Crippen molar-refractivity contribution in [2.45, 2.75) is 332 Å². The summed E-state index contributed by atoms with van der Waals surface area (Å²) in [5.74, 6) is 10.8. The maximum atomic E-state index is 12.8. The summed E-state index contributed by atoms with van der Waals surface area (Å²) >= 11 is 0. The van der Waals surface area contributed by atoms with E-state index < -0.39 is 0 Å². The number of aliphatic hydroxyl groups is 1.